The number of rotatable bonds is 8. The van der Waals surface area contributed by atoms with E-state index in [1.54, 1.807) is 0 Å². The minimum Gasteiger partial charge on any atom is -0.310 e. The molecule has 0 unspecified atom stereocenters. The van der Waals surface area contributed by atoms with Crippen molar-refractivity contribution in [1.29, 1.82) is 0 Å². The standard InChI is InChI=1S/C14H29N5/c1-6-9-18(7-2)10-8-15-11-13-12-19(17-16-13)14(3,4)5/h12,15H,6-11H2,1-5H3. The molecule has 5 heteroatoms. The summed E-state index contributed by atoms with van der Waals surface area (Å²) in [7, 11) is 0. The quantitative estimate of drug-likeness (QED) is 0.730. The van der Waals surface area contributed by atoms with Crippen molar-refractivity contribution in [3.63, 3.8) is 0 Å². The van der Waals surface area contributed by atoms with E-state index in [0.717, 1.165) is 31.9 Å². The van der Waals surface area contributed by atoms with Gasteiger partial charge in [-0.1, -0.05) is 19.1 Å². The van der Waals surface area contributed by atoms with E-state index in [1.807, 2.05) is 10.9 Å². The van der Waals surface area contributed by atoms with Crippen LogP contribution in [-0.4, -0.2) is 46.1 Å². The molecule has 0 spiro atoms. The normalized spacial score (nSPS) is 12.3. The van der Waals surface area contributed by atoms with Crippen LogP contribution < -0.4 is 5.32 Å². The fourth-order valence-corrected chi connectivity index (χ4v) is 1.91. The predicted octanol–water partition coefficient (Wildman–Crippen LogP) is 1.85. The molecule has 1 N–H and O–H groups in total. The zero-order valence-corrected chi connectivity index (χ0v) is 13.1. The maximum Gasteiger partial charge on any atom is 0.0965 e. The summed E-state index contributed by atoms with van der Waals surface area (Å²) in [5.74, 6) is 0. The van der Waals surface area contributed by atoms with Crippen LogP contribution in [0.4, 0.5) is 0 Å². The van der Waals surface area contributed by atoms with Gasteiger partial charge in [0.05, 0.1) is 17.4 Å². The topological polar surface area (TPSA) is 46.0 Å². The third-order valence-corrected chi connectivity index (χ3v) is 3.13. The van der Waals surface area contributed by atoms with Crippen molar-refractivity contribution in [1.82, 2.24) is 25.2 Å². The van der Waals surface area contributed by atoms with E-state index in [2.05, 4.69) is 55.1 Å². The molecule has 1 heterocycles. The zero-order chi connectivity index (χ0) is 14.3. The highest BCUT2D eigenvalue weighted by molar-refractivity contribution is 4.94. The first-order valence-corrected chi connectivity index (χ1v) is 7.32. The first-order chi connectivity index (χ1) is 8.97. The van der Waals surface area contributed by atoms with E-state index >= 15 is 0 Å². The number of likely N-dealkylation sites (N-methyl/N-ethyl adjacent to an activating group) is 1. The van der Waals surface area contributed by atoms with Crippen LogP contribution in [0.3, 0.4) is 0 Å². The molecule has 19 heavy (non-hydrogen) atoms. The largest absolute Gasteiger partial charge is 0.310 e. The molecule has 0 aliphatic heterocycles. The molecule has 0 saturated carbocycles. The van der Waals surface area contributed by atoms with E-state index in [4.69, 9.17) is 0 Å². The molecule has 1 rings (SSSR count). The first-order valence-electron chi connectivity index (χ1n) is 7.32. The monoisotopic (exact) mass is 267 g/mol. The molecule has 0 aliphatic rings. The van der Waals surface area contributed by atoms with Crippen molar-refractivity contribution in [2.75, 3.05) is 26.2 Å². The maximum atomic E-state index is 4.19. The maximum absolute atomic E-state index is 4.19. The van der Waals surface area contributed by atoms with Crippen molar-refractivity contribution in [3.05, 3.63) is 11.9 Å². The summed E-state index contributed by atoms with van der Waals surface area (Å²) in [6.07, 6.45) is 3.24. The van der Waals surface area contributed by atoms with Crippen LogP contribution >= 0.6 is 0 Å². The molecule has 0 amide bonds. The number of aromatic nitrogens is 3. The van der Waals surface area contributed by atoms with Gasteiger partial charge in [0.15, 0.2) is 0 Å². The van der Waals surface area contributed by atoms with Crippen LogP contribution in [0.2, 0.25) is 0 Å². The lowest BCUT2D eigenvalue weighted by molar-refractivity contribution is 0.287. The van der Waals surface area contributed by atoms with Crippen molar-refractivity contribution in [2.24, 2.45) is 0 Å². The molecule has 0 fully saturated rings. The molecule has 0 radical (unpaired) electrons. The molecule has 5 nitrogen and oxygen atoms in total. The van der Waals surface area contributed by atoms with E-state index < -0.39 is 0 Å². The van der Waals surface area contributed by atoms with Crippen molar-refractivity contribution in [2.45, 2.75) is 53.1 Å². The van der Waals surface area contributed by atoms with Gasteiger partial charge >= 0.3 is 0 Å². The molecule has 1 aromatic rings. The Morgan fingerprint density at radius 1 is 1.26 bits per heavy atom. The Kier molecular flexibility index (Phi) is 6.45. The highest BCUT2D eigenvalue weighted by Crippen LogP contribution is 2.11. The Bertz CT molecular complexity index is 353. The summed E-state index contributed by atoms with van der Waals surface area (Å²) in [6, 6.07) is 0. The van der Waals surface area contributed by atoms with E-state index in [0.29, 0.717) is 0 Å². The second kappa shape index (κ2) is 7.60. The van der Waals surface area contributed by atoms with Gasteiger partial charge in [-0.15, -0.1) is 5.10 Å². The fraction of sp³-hybridized carbons (Fsp3) is 0.857. The molecule has 0 aromatic carbocycles. The second-order valence-electron chi connectivity index (χ2n) is 5.94. The number of nitrogens with zero attached hydrogens (tertiary/aromatic N) is 4. The molecule has 0 saturated heterocycles. The Morgan fingerprint density at radius 3 is 2.53 bits per heavy atom. The third-order valence-electron chi connectivity index (χ3n) is 3.13. The van der Waals surface area contributed by atoms with Crippen LogP contribution in [0.15, 0.2) is 6.20 Å². The van der Waals surface area contributed by atoms with Gasteiger partial charge in [0, 0.05) is 19.6 Å². The Balaban J connectivity index is 2.28. The summed E-state index contributed by atoms with van der Waals surface area (Å²) in [5.41, 5.74) is 1.01. The summed E-state index contributed by atoms with van der Waals surface area (Å²) in [6.45, 7) is 16.0. The van der Waals surface area contributed by atoms with Gasteiger partial charge in [0.1, 0.15) is 0 Å². The van der Waals surface area contributed by atoms with Gasteiger partial charge in [0.25, 0.3) is 0 Å². The van der Waals surface area contributed by atoms with Crippen molar-refractivity contribution in [3.8, 4) is 0 Å². The van der Waals surface area contributed by atoms with Crippen LogP contribution in [0.1, 0.15) is 46.7 Å². The van der Waals surface area contributed by atoms with Crippen molar-refractivity contribution >= 4 is 0 Å². The van der Waals surface area contributed by atoms with Gasteiger partial charge in [-0.05, 0) is 40.3 Å². The van der Waals surface area contributed by atoms with Gasteiger partial charge in [-0.2, -0.15) is 0 Å². The first kappa shape index (κ1) is 16.1. The average Bonchev–Trinajstić information content (AvgIpc) is 2.81. The van der Waals surface area contributed by atoms with Crippen LogP contribution in [0, 0.1) is 0 Å². The van der Waals surface area contributed by atoms with Crippen molar-refractivity contribution < 1.29 is 0 Å². The van der Waals surface area contributed by atoms with Crippen LogP contribution in [0.25, 0.3) is 0 Å². The molecule has 110 valence electrons. The van der Waals surface area contributed by atoms with E-state index in [-0.39, 0.29) is 5.54 Å². The van der Waals surface area contributed by atoms with E-state index in [1.165, 1.54) is 13.0 Å². The lowest BCUT2D eigenvalue weighted by Crippen LogP contribution is -2.32. The molecule has 1 aromatic heterocycles. The lowest BCUT2D eigenvalue weighted by atomic mass is 10.1. The van der Waals surface area contributed by atoms with Gasteiger partial charge in [-0.25, -0.2) is 4.68 Å². The zero-order valence-electron chi connectivity index (χ0n) is 13.1. The summed E-state index contributed by atoms with van der Waals surface area (Å²) >= 11 is 0. The average molecular weight is 267 g/mol. The summed E-state index contributed by atoms with van der Waals surface area (Å²) in [5, 5.41) is 11.8. The predicted molar refractivity (Wildman–Crippen MR) is 79.1 cm³/mol. The summed E-state index contributed by atoms with van der Waals surface area (Å²) in [4.78, 5) is 2.46. The van der Waals surface area contributed by atoms with Gasteiger partial charge in [-0.3, -0.25) is 0 Å². The van der Waals surface area contributed by atoms with Crippen LogP contribution in [0.5, 0.6) is 0 Å². The van der Waals surface area contributed by atoms with Gasteiger partial charge in [0.2, 0.25) is 0 Å². The Labute approximate surface area is 117 Å². The summed E-state index contributed by atoms with van der Waals surface area (Å²) < 4.78 is 1.92. The Morgan fingerprint density at radius 2 is 2.00 bits per heavy atom. The Hall–Kier alpha value is -0.940. The SMILES string of the molecule is CCCN(CC)CCNCc1cn(C(C)(C)C)nn1. The lowest BCUT2D eigenvalue weighted by Gasteiger charge is -2.19. The minimum atomic E-state index is 0.00534. The third kappa shape index (κ3) is 5.70. The fourth-order valence-electron chi connectivity index (χ4n) is 1.91. The molecular weight excluding hydrogens is 238 g/mol. The second-order valence-corrected chi connectivity index (χ2v) is 5.94. The van der Waals surface area contributed by atoms with E-state index in [9.17, 15) is 0 Å². The number of nitrogens with one attached hydrogen (secondary N) is 1. The number of hydrogen-bond acceptors (Lipinski definition) is 4. The highest BCUT2D eigenvalue weighted by Gasteiger charge is 2.14. The molecular formula is C14H29N5. The van der Waals surface area contributed by atoms with Crippen LogP contribution in [-0.2, 0) is 12.1 Å². The molecule has 0 aliphatic carbocycles. The van der Waals surface area contributed by atoms with Gasteiger partial charge < -0.3 is 10.2 Å². The highest BCUT2D eigenvalue weighted by atomic mass is 15.4. The minimum absolute atomic E-state index is 0.00534. The molecule has 0 bridgehead atoms. The number of hydrogen-bond donors (Lipinski definition) is 1. The smallest absolute Gasteiger partial charge is 0.0965 e. The molecule has 0 atom stereocenters.